The van der Waals surface area contributed by atoms with Crippen LogP contribution in [0.5, 0.6) is 0 Å². The van der Waals surface area contributed by atoms with Crippen molar-refractivity contribution in [1.82, 2.24) is 4.57 Å². The summed E-state index contributed by atoms with van der Waals surface area (Å²) in [5, 5.41) is 1.91. The first kappa shape index (κ1) is 23.6. The zero-order valence-corrected chi connectivity index (χ0v) is 21.5. The molecule has 1 heterocycles. The fourth-order valence-corrected chi connectivity index (χ4v) is 8.20. The summed E-state index contributed by atoms with van der Waals surface area (Å²) in [5.41, 5.74) is 7.41. The molecule has 0 unspecified atom stereocenters. The van der Waals surface area contributed by atoms with Gasteiger partial charge in [0, 0.05) is 17.3 Å². The lowest BCUT2D eigenvalue weighted by atomic mass is 9.97. The number of aromatic nitrogens is 1. The maximum atomic E-state index is 4.29. The minimum Gasteiger partial charge on any atom is -0.315 e. The van der Waals surface area contributed by atoms with Crippen LogP contribution in [0.1, 0.15) is 66.5 Å². The largest absolute Gasteiger partial charge is 0.315 e. The van der Waals surface area contributed by atoms with Gasteiger partial charge in [-0.1, -0.05) is 98.5 Å². The number of hydrogen-bond acceptors (Lipinski definition) is 0. The molecule has 0 saturated heterocycles. The van der Waals surface area contributed by atoms with Crippen molar-refractivity contribution >= 4 is 30.0 Å². The number of hydrogen-bond donors (Lipinski definition) is 0. The molecule has 0 saturated carbocycles. The summed E-state index contributed by atoms with van der Waals surface area (Å²) < 4.78 is 2.34. The third kappa shape index (κ3) is 5.04. The molecule has 2 heteroatoms. The molecule has 0 bridgehead atoms. The van der Waals surface area contributed by atoms with Gasteiger partial charge >= 0.3 is 0 Å². The van der Waals surface area contributed by atoms with Gasteiger partial charge in [-0.3, -0.25) is 0 Å². The zero-order valence-electron chi connectivity index (χ0n) is 20.6. The maximum absolute atomic E-state index is 4.29. The Balaban J connectivity index is 2.15. The lowest BCUT2D eigenvalue weighted by Gasteiger charge is -2.41. The fourth-order valence-electron chi connectivity index (χ4n) is 4.64. The van der Waals surface area contributed by atoms with E-state index in [1.54, 1.807) is 0 Å². The zero-order chi connectivity index (χ0) is 23.0. The predicted molar refractivity (Wildman–Crippen MR) is 143 cm³/mol. The van der Waals surface area contributed by atoms with Gasteiger partial charge in [-0.05, 0) is 59.0 Å². The molecular weight excluding hydrogens is 393 g/mol. The molecule has 0 radical (unpaired) electrons. The molecular formula is C29H38NP. The standard InChI is InChI=1S/C29H38NP/c1-21(2)24-14-12-15-25(22(3)18-20-31(28(4,5)6)29(7,8)9)27(24)30-19-17-23-13-10-11-16-26(23)30/h10-19H,1,20H2,2-9H3/b22-18+. The van der Waals surface area contributed by atoms with Gasteiger partial charge in [-0.25, -0.2) is 0 Å². The highest BCUT2D eigenvalue weighted by molar-refractivity contribution is 7.61. The number of benzene rings is 2. The van der Waals surface area contributed by atoms with Crippen LogP contribution in [0.2, 0.25) is 0 Å². The van der Waals surface area contributed by atoms with Crippen molar-refractivity contribution < 1.29 is 0 Å². The van der Waals surface area contributed by atoms with E-state index in [1.165, 1.54) is 33.3 Å². The Morgan fingerprint density at radius 3 is 2.10 bits per heavy atom. The number of nitrogens with zero attached hydrogens (tertiary/aromatic N) is 1. The Morgan fingerprint density at radius 2 is 1.48 bits per heavy atom. The van der Waals surface area contributed by atoms with Gasteiger partial charge in [0.05, 0.1) is 11.2 Å². The molecule has 0 aliphatic heterocycles. The van der Waals surface area contributed by atoms with Crippen molar-refractivity contribution in [2.45, 2.75) is 65.7 Å². The van der Waals surface area contributed by atoms with E-state index in [-0.39, 0.29) is 7.92 Å². The quantitative estimate of drug-likeness (QED) is 0.355. The van der Waals surface area contributed by atoms with E-state index >= 15 is 0 Å². The molecule has 0 aliphatic carbocycles. The van der Waals surface area contributed by atoms with Gasteiger partial charge < -0.3 is 4.57 Å². The van der Waals surface area contributed by atoms with Gasteiger partial charge in [-0.15, -0.1) is 0 Å². The summed E-state index contributed by atoms with van der Waals surface area (Å²) >= 11 is 0. The second-order valence-electron chi connectivity index (χ2n) is 10.6. The minimum absolute atomic E-state index is 0.169. The Labute approximate surface area is 190 Å². The van der Waals surface area contributed by atoms with E-state index in [0.717, 1.165) is 11.7 Å². The third-order valence-corrected chi connectivity index (χ3v) is 9.75. The summed E-state index contributed by atoms with van der Waals surface area (Å²) in [6.45, 7) is 23.0. The van der Waals surface area contributed by atoms with Crippen LogP contribution in [0.4, 0.5) is 0 Å². The molecule has 1 aromatic heterocycles. The fraction of sp³-hybridized carbons (Fsp3) is 0.379. The summed E-state index contributed by atoms with van der Waals surface area (Å²) in [7, 11) is -0.169. The molecule has 3 rings (SSSR count). The van der Waals surface area contributed by atoms with E-state index in [1.807, 2.05) is 0 Å². The van der Waals surface area contributed by atoms with Crippen LogP contribution in [0.25, 0.3) is 27.7 Å². The molecule has 3 aromatic rings. The SMILES string of the molecule is C=C(C)c1cccc(/C(C)=C/CP(C(C)(C)C)C(C)(C)C)c1-n1ccc2ccccc21. The summed E-state index contributed by atoms with van der Waals surface area (Å²) in [6.07, 6.45) is 5.81. The predicted octanol–water partition coefficient (Wildman–Crippen LogP) is 9.15. The van der Waals surface area contributed by atoms with E-state index in [0.29, 0.717) is 10.3 Å². The Bertz CT molecular complexity index is 1100. The molecule has 0 fully saturated rings. The number of fused-ring (bicyclic) bond motifs is 1. The van der Waals surface area contributed by atoms with Crippen LogP contribution in [-0.4, -0.2) is 21.0 Å². The van der Waals surface area contributed by atoms with Crippen molar-refractivity contribution in [3.8, 4) is 5.69 Å². The highest BCUT2D eigenvalue weighted by atomic mass is 31.1. The normalized spacial score (nSPS) is 13.3. The first-order valence-corrected chi connectivity index (χ1v) is 12.7. The molecule has 0 spiro atoms. The van der Waals surface area contributed by atoms with Crippen LogP contribution < -0.4 is 0 Å². The van der Waals surface area contributed by atoms with E-state index in [9.17, 15) is 0 Å². The third-order valence-electron chi connectivity index (χ3n) is 5.96. The highest BCUT2D eigenvalue weighted by Crippen LogP contribution is 2.59. The summed E-state index contributed by atoms with van der Waals surface area (Å²) in [5.74, 6) is 0. The summed E-state index contributed by atoms with van der Waals surface area (Å²) in [4.78, 5) is 0. The Kier molecular flexibility index (Phi) is 6.68. The average molecular weight is 432 g/mol. The number of allylic oxidation sites excluding steroid dienone is 3. The van der Waals surface area contributed by atoms with Crippen LogP contribution in [-0.2, 0) is 0 Å². The topological polar surface area (TPSA) is 4.93 Å². The van der Waals surface area contributed by atoms with Gasteiger partial charge in [0.2, 0.25) is 0 Å². The second kappa shape index (κ2) is 8.79. The second-order valence-corrected chi connectivity index (χ2v) is 14.5. The molecule has 0 N–H and O–H groups in total. The van der Waals surface area contributed by atoms with Crippen molar-refractivity contribution in [1.29, 1.82) is 0 Å². The van der Waals surface area contributed by atoms with Crippen molar-refractivity contribution in [3.05, 3.63) is 78.5 Å². The lowest BCUT2D eigenvalue weighted by molar-refractivity contribution is 0.707. The van der Waals surface area contributed by atoms with Gasteiger partial charge in [0.1, 0.15) is 0 Å². The Hall–Kier alpha value is -2.11. The van der Waals surface area contributed by atoms with Crippen molar-refractivity contribution in [2.24, 2.45) is 0 Å². The minimum atomic E-state index is -0.169. The monoisotopic (exact) mass is 431 g/mol. The number of para-hydroxylation sites is 2. The van der Waals surface area contributed by atoms with Crippen molar-refractivity contribution in [2.75, 3.05) is 6.16 Å². The average Bonchev–Trinajstić information content (AvgIpc) is 3.09. The first-order valence-electron chi connectivity index (χ1n) is 11.2. The lowest BCUT2D eigenvalue weighted by Crippen LogP contribution is -2.26. The molecule has 164 valence electrons. The molecule has 0 amide bonds. The smallest absolute Gasteiger partial charge is 0.0605 e. The van der Waals surface area contributed by atoms with Crippen LogP contribution in [0.15, 0.2) is 67.4 Å². The molecule has 0 atom stereocenters. The first-order chi connectivity index (χ1) is 14.4. The van der Waals surface area contributed by atoms with E-state index < -0.39 is 0 Å². The van der Waals surface area contributed by atoms with Crippen LogP contribution in [0, 0.1) is 0 Å². The van der Waals surface area contributed by atoms with Crippen LogP contribution in [0.3, 0.4) is 0 Å². The highest BCUT2D eigenvalue weighted by Gasteiger charge is 2.33. The number of rotatable bonds is 5. The Morgan fingerprint density at radius 1 is 0.871 bits per heavy atom. The summed E-state index contributed by atoms with van der Waals surface area (Å²) in [6, 6.07) is 17.4. The van der Waals surface area contributed by atoms with Crippen molar-refractivity contribution in [3.63, 3.8) is 0 Å². The molecule has 31 heavy (non-hydrogen) atoms. The van der Waals surface area contributed by atoms with E-state index in [4.69, 9.17) is 0 Å². The maximum Gasteiger partial charge on any atom is 0.0605 e. The van der Waals surface area contributed by atoms with Gasteiger partial charge in [-0.2, -0.15) is 0 Å². The van der Waals surface area contributed by atoms with Crippen LogP contribution >= 0.6 is 7.92 Å². The molecule has 0 aliphatic rings. The molecule has 1 nitrogen and oxygen atoms in total. The molecule has 2 aromatic carbocycles. The van der Waals surface area contributed by atoms with Gasteiger partial charge in [0.25, 0.3) is 0 Å². The van der Waals surface area contributed by atoms with E-state index in [2.05, 4.69) is 127 Å². The van der Waals surface area contributed by atoms with Gasteiger partial charge in [0.15, 0.2) is 0 Å².